The molecule has 0 aliphatic carbocycles. The summed E-state index contributed by atoms with van der Waals surface area (Å²) in [5.74, 6) is -0.975. The van der Waals surface area contributed by atoms with Crippen LogP contribution >= 0.6 is 0 Å². The number of allylic oxidation sites excluding steroid dienone is 2. The number of rotatable bonds is 18. The lowest BCUT2D eigenvalue weighted by molar-refractivity contribution is -0.144. The average molecular weight is 368 g/mol. The normalized spacial score (nSPS) is 11.2. The van der Waals surface area contributed by atoms with Gasteiger partial charge >= 0.3 is 5.97 Å². The number of aliphatic carboxylic acids is 1. The largest absolute Gasteiger partial charge is 0.480 e. The lowest BCUT2D eigenvalue weighted by Crippen LogP contribution is -2.35. The fourth-order valence-corrected chi connectivity index (χ4v) is 3.04. The number of amides is 1. The molecule has 0 aliphatic rings. The zero-order valence-corrected chi connectivity index (χ0v) is 17.2. The predicted molar refractivity (Wildman–Crippen MR) is 109 cm³/mol. The van der Waals surface area contributed by atoms with E-state index in [-0.39, 0.29) is 12.5 Å². The first-order valence-electron chi connectivity index (χ1n) is 10.8. The number of hydrogen-bond acceptors (Lipinski definition) is 2. The van der Waals surface area contributed by atoms with Crippen molar-refractivity contribution in [1.29, 1.82) is 0 Å². The minimum Gasteiger partial charge on any atom is -0.480 e. The molecule has 0 radical (unpaired) electrons. The second-order valence-corrected chi connectivity index (χ2v) is 7.14. The Bertz CT molecular complexity index is 380. The lowest BCUT2D eigenvalue weighted by Gasteiger charge is -2.18. The number of carbonyl (C=O) groups is 2. The molecule has 0 bridgehead atoms. The maximum atomic E-state index is 11.9. The molecule has 0 heterocycles. The third-order valence-electron chi connectivity index (χ3n) is 4.71. The van der Waals surface area contributed by atoms with Crippen LogP contribution in [-0.2, 0) is 9.59 Å². The standard InChI is InChI=1S/C22H41NO3/c1-3-5-6-7-8-9-10-11-12-13-14-15-16-17-18-19-21(24)23(4-2)20-22(25)26/h11-12H,3-10,13-20H2,1-2H3,(H,25,26)/b12-11-. The van der Waals surface area contributed by atoms with Crippen LogP contribution < -0.4 is 0 Å². The Morgan fingerprint density at radius 2 is 1.27 bits per heavy atom. The van der Waals surface area contributed by atoms with Crippen LogP contribution in [0.15, 0.2) is 12.2 Å². The van der Waals surface area contributed by atoms with Gasteiger partial charge in [0.15, 0.2) is 0 Å². The lowest BCUT2D eigenvalue weighted by atomic mass is 10.1. The summed E-state index contributed by atoms with van der Waals surface area (Å²) in [6.45, 7) is 4.36. The maximum Gasteiger partial charge on any atom is 0.323 e. The van der Waals surface area contributed by atoms with Gasteiger partial charge in [0.25, 0.3) is 0 Å². The van der Waals surface area contributed by atoms with Gasteiger partial charge in [0, 0.05) is 13.0 Å². The summed E-state index contributed by atoms with van der Waals surface area (Å²) in [5, 5.41) is 8.77. The van der Waals surface area contributed by atoms with E-state index in [1.807, 2.05) is 6.92 Å². The van der Waals surface area contributed by atoms with Gasteiger partial charge in [0.05, 0.1) is 0 Å². The summed E-state index contributed by atoms with van der Waals surface area (Å²) in [5.41, 5.74) is 0. The Labute approximate surface area is 161 Å². The molecule has 0 aromatic heterocycles. The summed E-state index contributed by atoms with van der Waals surface area (Å²) in [7, 11) is 0. The quantitative estimate of drug-likeness (QED) is 0.240. The Hall–Kier alpha value is -1.32. The van der Waals surface area contributed by atoms with Crippen molar-refractivity contribution >= 4 is 11.9 Å². The molecule has 1 amide bonds. The molecule has 0 aromatic rings. The monoisotopic (exact) mass is 367 g/mol. The van der Waals surface area contributed by atoms with Gasteiger partial charge in [-0.25, -0.2) is 0 Å². The fraction of sp³-hybridized carbons (Fsp3) is 0.818. The van der Waals surface area contributed by atoms with Gasteiger partial charge in [-0.3, -0.25) is 9.59 Å². The third kappa shape index (κ3) is 16.2. The van der Waals surface area contributed by atoms with Crippen LogP contribution in [0.3, 0.4) is 0 Å². The van der Waals surface area contributed by atoms with Crippen molar-refractivity contribution in [2.24, 2.45) is 0 Å². The van der Waals surface area contributed by atoms with Crippen LogP contribution in [-0.4, -0.2) is 35.0 Å². The summed E-state index contributed by atoms with van der Waals surface area (Å²) in [6.07, 6.45) is 21.2. The predicted octanol–water partition coefficient (Wildman–Crippen LogP) is 5.96. The molecule has 0 spiro atoms. The molecule has 0 atom stereocenters. The smallest absolute Gasteiger partial charge is 0.323 e. The van der Waals surface area contributed by atoms with Gasteiger partial charge < -0.3 is 10.0 Å². The molecule has 0 saturated carbocycles. The Balaban J connectivity index is 3.41. The summed E-state index contributed by atoms with van der Waals surface area (Å²) in [6, 6.07) is 0. The highest BCUT2D eigenvalue weighted by Crippen LogP contribution is 2.10. The minimum absolute atomic E-state index is 0.0347. The van der Waals surface area contributed by atoms with E-state index in [4.69, 9.17) is 5.11 Å². The van der Waals surface area contributed by atoms with E-state index in [2.05, 4.69) is 19.1 Å². The van der Waals surface area contributed by atoms with Crippen LogP contribution in [0.4, 0.5) is 0 Å². The van der Waals surface area contributed by atoms with Crippen LogP contribution in [0.1, 0.15) is 104 Å². The molecule has 0 aromatic carbocycles. The Morgan fingerprint density at radius 3 is 1.77 bits per heavy atom. The number of carbonyl (C=O) groups excluding carboxylic acids is 1. The highest BCUT2D eigenvalue weighted by molar-refractivity contribution is 5.81. The Morgan fingerprint density at radius 1 is 0.769 bits per heavy atom. The first-order chi connectivity index (χ1) is 12.6. The number of nitrogens with zero attached hydrogens (tertiary/aromatic N) is 1. The number of carboxylic acid groups (broad SMARTS) is 1. The molecule has 26 heavy (non-hydrogen) atoms. The summed E-state index contributed by atoms with van der Waals surface area (Å²) < 4.78 is 0. The van der Waals surface area contributed by atoms with Gasteiger partial charge in [-0.15, -0.1) is 0 Å². The van der Waals surface area contributed by atoms with E-state index in [9.17, 15) is 9.59 Å². The van der Waals surface area contributed by atoms with Crippen LogP contribution in [0.2, 0.25) is 0 Å². The third-order valence-corrected chi connectivity index (χ3v) is 4.71. The van der Waals surface area contributed by atoms with Crippen LogP contribution in [0.25, 0.3) is 0 Å². The van der Waals surface area contributed by atoms with Crippen molar-refractivity contribution in [3.8, 4) is 0 Å². The van der Waals surface area contributed by atoms with E-state index >= 15 is 0 Å². The molecular weight excluding hydrogens is 326 g/mol. The summed E-state index contributed by atoms with van der Waals surface area (Å²) >= 11 is 0. The van der Waals surface area contributed by atoms with Crippen molar-refractivity contribution in [1.82, 2.24) is 4.90 Å². The molecule has 0 fully saturated rings. The van der Waals surface area contributed by atoms with E-state index < -0.39 is 5.97 Å². The molecule has 0 aliphatic heterocycles. The van der Waals surface area contributed by atoms with Gasteiger partial charge in [0.2, 0.25) is 5.91 Å². The zero-order chi connectivity index (χ0) is 19.5. The van der Waals surface area contributed by atoms with Crippen LogP contribution in [0, 0.1) is 0 Å². The van der Waals surface area contributed by atoms with Crippen molar-refractivity contribution in [2.45, 2.75) is 104 Å². The molecule has 0 saturated heterocycles. The zero-order valence-electron chi connectivity index (χ0n) is 17.2. The van der Waals surface area contributed by atoms with E-state index in [0.29, 0.717) is 13.0 Å². The molecular formula is C22H41NO3. The topological polar surface area (TPSA) is 57.6 Å². The highest BCUT2D eigenvalue weighted by Gasteiger charge is 2.13. The van der Waals surface area contributed by atoms with Crippen molar-refractivity contribution in [2.75, 3.05) is 13.1 Å². The molecule has 0 unspecified atom stereocenters. The van der Waals surface area contributed by atoms with E-state index in [1.54, 1.807) is 0 Å². The Kier molecular flexibility index (Phi) is 17.5. The van der Waals surface area contributed by atoms with Gasteiger partial charge in [0.1, 0.15) is 6.54 Å². The van der Waals surface area contributed by atoms with Crippen molar-refractivity contribution < 1.29 is 14.7 Å². The van der Waals surface area contributed by atoms with Crippen molar-refractivity contribution in [3.05, 3.63) is 12.2 Å². The van der Waals surface area contributed by atoms with E-state index in [1.165, 1.54) is 62.7 Å². The van der Waals surface area contributed by atoms with Crippen LogP contribution in [0.5, 0.6) is 0 Å². The van der Waals surface area contributed by atoms with Gasteiger partial charge in [-0.1, -0.05) is 70.4 Å². The highest BCUT2D eigenvalue weighted by atomic mass is 16.4. The molecule has 0 rings (SSSR count). The molecule has 4 heteroatoms. The van der Waals surface area contributed by atoms with Crippen molar-refractivity contribution in [3.63, 3.8) is 0 Å². The first-order valence-corrected chi connectivity index (χ1v) is 10.8. The second-order valence-electron chi connectivity index (χ2n) is 7.14. The number of unbranched alkanes of at least 4 members (excludes halogenated alkanes) is 11. The number of likely N-dealkylation sites (N-methyl/N-ethyl adjacent to an activating group) is 1. The summed E-state index contributed by atoms with van der Waals surface area (Å²) in [4.78, 5) is 24.0. The maximum absolute atomic E-state index is 11.9. The minimum atomic E-state index is -0.940. The van der Waals surface area contributed by atoms with E-state index in [0.717, 1.165) is 25.7 Å². The fourth-order valence-electron chi connectivity index (χ4n) is 3.04. The SMILES string of the molecule is CCCCCCCC/C=C\CCCCCCCC(=O)N(CC)CC(=O)O. The average Bonchev–Trinajstić information content (AvgIpc) is 2.62. The molecule has 152 valence electrons. The van der Waals surface area contributed by atoms with Gasteiger partial charge in [-0.05, 0) is 39.0 Å². The first kappa shape index (κ1) is 24.7. The molecule has 4 nitrogen and oxygen atoms in total. The molecule has 1 N–H and O–H groups in total. The second kappa shape index (κ2) is 18.5. The van der Waals surface area contributed by atoms with Gasteiger partial charge in [-0.2, -0.15) is 0 Å². The number of hydrogen-bond donors (Lipinski definition) is 1. The number of carboxylic acids is 1.